The number of carbonyl (C=O) groups is 2. The van der Waals surface area contributed by atoms with E-state index < -0.39 is 17.6 Å². The molecule has 0 aliphatic rings. The number of halogens is 2. The third kappa shape index (κ3) is 6.07. The number of para-hydroxylation sites is 1. The number of nitrogens with zero attached hydrogens (tertiary/aromatic N) is 1. The number of hydrogen-bond donors (Lipinski definition) is 3. The van der Waals surface area contributed by atoms with Gasteiger partial charge in [-0.1, -0.05) is 28.1 Å². The maximum Gasteiger partial charge on any atom is 0.240 e. The van der Waals surface area contributed by atoms with E-state index in [1.54, 1.807) is 18.2 Å². The summed E-state index contributed by atoms with van der Waals surface area (Å²) in [6, 6.07) is 8.93. The minimum Gasteiger partial charge on any atom is -0.504 e. The molecular weight excluding hydrogens is 421 g/mol. The molecule has 0 bridgehead atoms. The van der Waals surface area contributed by atoms with Crippen molar-refractivity contribution in [2.75, 3.05) is 12.4 Å². The molecule has 0 heterocycles. The Morgan fingerprint density at radius 3 is 2.67 bits per heavy atom. The largest absolute Gasteiger partial charge is 0.504 e. The lowest BCUT2D eigenvalue weighted by Gasteiger charge is -2.07. The minimum absolute atomic E-state index is 0.0556. The van der Waals surface area contributed by atoms with E-state index in [2.05, 4.69) is 31.8 Å². The average Bonchev–Trinajstić information content (AvgIpc) is 2.64. The molecule has 0 radical (unpaired) electrons. The molecule has 0 aliphatic heterocycles. The predicted molar refractivity (Wildman–Crippen MR) is 102 cm³/mol. The minimum atomic E-state index is -0.552. The maximum atomic E-state index is 13.4. The van der Waals surface area contributed by atoms with Crippen molar-refractivity contribution in [3.05, 3.63) is 52.3 Å². The molecule has 9 heteroatoms. The average molecular weight is 438 g/mol. The summed E-state index contributed by atoms with van der Waals surface area (Å²) in [7, 11) is 1.41. The van der Waals surface area contributed by atoms with Crippen LogP contribution in [0.3, 0.4) is 0 Å². The van der Waals surface area contributed by atoms with Crippen molar-refractivity contribution in [3.8, 4) is 11.5 Å². The maximum absolute atomic E-state index is 13.4. The van der Waals surface area contributed by atoms with Crippen LogP contribution in [0.2, 0.25) is 0 Å². The second-order valence-corrected chi connectivity index (χ2v) is 6.28. The number of amides is 2. The van der Waals surface area contributed by atoms with E-state index in [4.69, 9.17) is 4.74 Å². The van der Waals surface area contributed by atoms with Crippen LogP contribution in [0.25, 0.3) is 0 Å². The first-order valence-electron chi connectivity index (χ1n) is 7.83. The van der Waals surface area contributed by atoms with E-state index in [1.165, 1.54) is 31.5 Å². The Labute approximate surface area is 163 Å². The second kappa shape index (κ2) is 9.67. The first kappa shape index (κ1) is 20.4. The molecule has 27 heavy (non-hydrogen) atoms. The van der Waals surface area contributed by atoms with Gasteiger partial charge in [0.15, 0.2) is 11.5 Å². The van der Waals surface area contributed by atoms with Gasteiger partial charge < -0.3 is 15.2 Å². The van der Waals surface area contributed by atoms with E-state index in [0.29, 0.717) is 10.0 Å². The number of methoxy groups -OCH3 is 1. The zero-order chi connectivity index (χ0) is 19.8. The topological polar surface area (TPSA) is 100 Å². The van der Waals surface area contributed by atoms with Gasteiger partial charge in [-0.2, -0.15) is 5.10 Å². The molecule has 0 saturated heterocycles. The fraction of sp³-hybridized carbons (Fsp3) is 0.167. The highest BCUT2D eigenvalue weighted by Crippen LogP contribution is 2.32. The van der Waals surface area contributed by atoms with Crippen LogP contribution in [-0.4, -0.2) is 30.2 Å². The van der Waals surface area contributed by atoms with Crippen molar-refractivity contribution in [3.63, 3.8) is 0 Å². The Kier molecular flexibility index (Phi) is 7.30. The molecule has 0 fully saturated rings. The van der Waals surface area contributed by atoms with Crippen LogP contribution in [0.4, 0.5) is 10.1 Å². The monoisotopic (exact) mass is 437 g/mol. The molecular formula is C18H17BrFN3O4. The van der Waals surface area contributed by atoms with Gasteiger partial charge in [0.25, 0.3) is 0 Å². The van der Waals surface area contributed by atoms with Crippen LogP contribution in [-0.2, 0) is 9.59 Å². The summed E-state index contributed by atoms with van der Waals surface area (Å²) in [6.45, 7) is 0. The lowest BCUT2D eigenvalue weighted by atomic mass is 10.2. The van der Waals surface area contributed by atoms with Crippen LogP contribution in [0.15, 0.2) is 46.0 Å². The number of phenolic OH excluding ortho intramolecular Hbond substituents is 1. The molecule has 0 aromatic heterocycles. The van der Waals surface area contributed by atoms with Crippen LogP contribution in [0.5, 0.6) is 11.5 Å². The molecule has 142 valence electrons. The molecule has 0 spiro atoms. The highest BCUT2D eigenvalue weighted by atomic mass is 79.9. The van der Waals surface area contributed by atoms with Gasteiger partial charge in [-0.05, 0) is 24.3 Å². The number of hydrogen-bond acceptors (Lipinski definition) is 5. The standard InChI is InChI=1S/C18H17BrFN3O4/c1-27-15-9-12(19)8-11(18(15)26)10-21-23-17(25)7-6-16(24)22-14-5-3-2-4-13(14)20/h2-5,8-10,26H,6-7H2,1H3,(H,22,24)(H,23,25). The van der Waals surface area contributed by atoms with Crippen LogP contribution in [0, 0.1) is 5.82 Å². The molecule has 2 amide bonds. The van der Waals surface area contributed by atoms with Gasteiger partial charge in [-0.3, -0.25) is 9.59 Å². The van der Waals surface area contributed by atoms with Crippen molar-refractivity contribution in [1.82, 2.24) is 5.43 Å². The van der Waals surface area contributed by atoms with Gasteiger partial charge in [0, 0.05) is 22.9 Å². The fourth-order valence-corrected chi connectivity index (χ4v) is 2.54. The molecule has 0 atom stereocenters. The molecule has 0 saturated carbocycles. The lowest BCUT2D eigenvalue weighted by molar-refractivity contribution is -0.124. The lowest BCUT2D eigenvalue weighted by Crippen LogP contribution is -2.21. The molecule has 7 nitrogen and oxygen atoms in total. The number of carbonyl (C=O) groups excluding carboxylic acids is 2. The first-order chi connectivity index (χ1) is 12.9. The van der Waals surface area contributed by atoms with Gasteiger partial charge in [0.05, 0.1) is 19.0 Å². The van der Waals surface area contributed by atoms with Crippen molar-refractivity contribution < 1.29 is 23.8 Å². The molecule has 0 aliphatic carbocycles. The van der Waals surface area contributed by atoms with Crippen molar-refractivity contribution in [2.45, 2.75) is 12.8 Å². The number of benzene rings is 2. The zero-order valence-corrected chi connectivity index (χ0v) is 15.9. The van der Waals surface area contributed by atoms with E-state index in [0.717, 1.165) is 0 Å². The Morgan fingerprint density at radius 1 is 1.26 bits per heavy atom. The molecule has 2 aromatic rings. The smallest absolute Gasteiger partial charge is 0.240 e. The quantitative estimate of drug-likeness (QED) is 0.457. The number of rotatable bonds is 7. The van der Waals surface area contributed by atoms with Gasteiger partial charge in [0.2, 0.25) is 11.8 Å². The molecule has 0 unspecified atom stereocenters. The summed E-state index contributed by atoms with van der Waals surface area (Å²) in [5.41, 5.74) is 2.64. The number of ether oxygens (including phenoxy) is 1. The number of aromatic hydroxyl groups is 1. The Morgan fingerprint density at radius 2 is 1.96 bits per heavy atom. The third-order valence-electron chi connectivity index (χ3n) is 3.41. The van der Waals surface area contributed by atoms with Gasteiger partial charge in [0.1, 0.15) is 5.82 Å². The third-order valence-corrected chi connectivity index (χ3v) is 3.87. The predicted octanol–water partition coefficient (Wildman–Crippen LogP) is 3.17. The summed E-state index contributed by atoms with van der Waals surface area (Å²) < 4.78 is 19.1. The van der Waals surface area contributed by atoms with Crippen LogP contribution in [0.1, 0.15) is 18.4 Å². The van der Waals surface area contributed by atoms with E-state index >= 15 is 0 Å². The van der Waals surface area contributed by atoms with E-state index in [9.17, 15) is 19.1 Å². The fourth-order valence-electron chi connectivity index (χ4n) is 2.08. The van der Waals surface area contributed by atoms with Crippen molar-refractivity contribution in [1.29, 1.82) is 0 Å². The number of hydrazone groups is 1. The summed E-state index contributed by atoms with van der Waals surface area (Å²) in [5, 5.41) is 16.1. The second-order valence-electron chi connectivity index (χ2n) is 5.37. The Balaban J connectivity index is 1.84. The van der Waals surface area contributed by atoms with Crippen LogP contribution < -0.4 is 15.5 Å². The molecule has 3 N–H and O–H groups in total. The Bertz CT molecular complexity index is 874. The molecule has 2 rings (SSSR count). The van der Waals surface area contributed by atoms with Crippen LogP contribution >= 0.6 is 15.9 Å². The molecule has 2 aromatic carbocycles. The van der Waals surface area contributed by atoms with Gasteiger partial charge in [-0.25, -0.2) is 9.82 Å². The Hall–Kier alpha value is -2.94. The highest BCUT2D eigenvalue weighted by molar-refractivity contribution is 9.10. The highest BCUT2D eigenvalue weighted by Gasteiger charge is 2.10. The van der Waals surface area contributed by atoms with E-state index in [-0.39, 0.29) is 30.0 Å². The van der Waals surface area contributed by atoms with Gasteiger partial charge >= 0.3 is 0 Å². The zero-order valence-electron chi connectivity index (χ0n) is 14.3. The normalized spacial score (nSPS) is 10.6. The van der Waals surface area contributed by atoms with Gasteiger partial charge in [-0.15, -0.1) is 0 Å². The summed E-state index contributed by atoms with van der Waals surface area (Å²) >= 11 is 3.27. The first-order valence-corrected chi connectivity index (χ1v) is 8.62. The SMILES string of the molecule is COc1cc(Br)cc(C=NNC(=O)CCC(=O)Nc2ccccc2F)c1O. The number of nitrogens with one attached hydrogen (secondary N) is 2. The van der Waals surface area contributed by atoms with E-state index in [1.807, 2.05) is 0 Å². The number of anilines is 1. The van der Waals surface area contributed by atoms with Crippen molar-refractivity contribution in [2.24, 2.45) is 5.10 Å². The summed E-state index contributed by atoms with van der Waals surface area (Å²) in [4.78, 5) is 23.5. The summed E-state index contributed by atoms with van der Waals surface area (Å²) in [6.07, 6.45) is 0.983. The van der Waals surface area contributed by atoms with Crippen molar-refractivity contribution >= 4 is 39.6 Å². The number of phenols is 1. The summed E-state index contributed by atoms with van der Waals surface area (Å²) in [5.74, 6) is -1.42.